The largest absolute Gasteiger partial charge is 0.462 e. The van der Waals surface area contributed by atoms with Gasteiger partial charge in [0, 0.05) is 17.6 Å². The van der Waals surface area contributed by atoms with Crippen molar-refractivity contribution in [3.8, 4) is 0 Å². The number of anilines is 1. The molecule has 0 atom stereocenters. The van der Waals surface area contributed by atoms with Gasteiger partial charge in [-0.1, -0.05) is 0 Å². The van der Waals surface area contributed by atoms with E-state index in [1.807, 2.05) is 24.6 Å². The van der Waals surface area contributed by atoms with Crippen LogP contribution in [0.4, 0.5) is 5.69 Å². The van der Waals surface area contributed by atoms with Crippen LogP contribution in [0.3, 0.4) is 0 Å². The summed E-state index contributed by atoms with van der Waals surface area (Å²) in [5.74, 6) is 0.412. The highest BCUT2D eigenvalue weighted by Gasteiger charge is 2.13. The van der Waals surface area contributed by atoms with Crippen molar-refractivity contribution in [2.75, 3.05) is 12.3 Å². The molecule has 1 aromatic carbocycles. The highest BCUT2D eigenvalue weighted by molar-refractivity contribution is 7.99. The zero-order valence-electron chi connectivity index (χ0n) is 11.6. The van der Waals surface area contributed by atoms with E-state index >= 15 is 0 Å². The van der Waals surface area contributed by atoms with Crippen molar-refractivity contribution in [3.63, 3.8) is 0 Å². The van der Waals surface area contributed by atoms with Crippen LogP contribution < -0.4 is 5.73 Å². The van der Waals surface area contributed by atoms with Crippen molar-refractivity contribution in [2.24, 2.45) is 7.05 Å². The lowest BCUT2D eigenvalue weighted by atomic mass is 10.2. The molecule has 7 heteroatoms. The van der Waals surface area contributed by atoms with Crippen LogP contribution in [0, 0.1) is 6.92 Å². The van der Waals surface area contributed by atoms with E-state index in [-0.39, 0.29) is 0 Å². The Hall–Kier alpha value is -2.02. The number of hydrogen-bond acceptors (Lipinski definition) is 6. The number of aryl methyl sites for hydroxylation is 1. The topological polar surface area (TPSA) is 83.0 Å². The third-order valence-electron chi connectivity index (χ3n) is 2.78. The van der Waals surface area contributed by atoms with E-state index in [2.05, 4.69) is 10.2 Å². The predicted molar refractivity (Wildman–Crippen MR) is 76.7 cm³/mol. The molecular weight excluding hydrogens is 276 g/mol. The number of hydrogen-bond donors (Lipinski definition) is 1. The molecular formula is C13H16N4O2S. The summed E-state index contributed by atoms with van der Waals surface area (Å²) in [6.07, 6.45) is 0. The van der Waals surface area contributed by atoms with E-state index in [9.17, 15) is 4.79 Å². The fourth-order valence-electron chi connectivity index (χ4n) is 1.57. The molecule has 0 saturated heterocycles. The Morgan fingerprint density at radius 1 is 1.45 bits per heavy atom. The van der Waals surface area contributed by atoms with Crippen LogP contribution in [0.25, 0.3) is 0 Å². The molecule has 2 aromatic rings. The van der Waals surface area contributed by atoms with Crippen molar-refractivity contribution in [1.29, 1.82) is 0 Å². The minimum atomic E-state index is -0.415. The van der Waals surface area contributed by atoms with Crippen LogP contribution >= 0.6 is 11.8 Å². The van der Waals surface area contributed by atoms with Crippen molar-refractivity contribution in [3.05, 3.63) is 29.6 Å². The van der Waals surface area contributed by atoms with Gasteiger partial charge in [0.2, 0.25) is 0 Å². The Morgan fingerprint density at radius 3 is 2.80 bits per heavy atom. The lowest BCUT2D eigenvalue weighted by Crippen LogP contribution is -2.08. The molecule has 1 aromatic heterocycles. The molecule has 0 aliphatic rings. The Balaban J connectivity index is 2.27. The maximum absolute atomic E-state index is 11.8. The number of nitrogen functional groups attached to an aromatic ring is 1. The Bertz CT molecular complexity index is 639. The number of nitrogens with zero attached hydrogens (tertiary/aromatic N) is 3. The summed E-state index contributed by atoms with van der Waals surface area (Å²) in [4.78, 5) is 12.7. The van der Waals surface area contributed by atoms with Gasteiger partial charge in [-0.3, -0.25) is 0 Å². The molecule has 0 unspecified atom stereocenters. The van der Waals surface area contributed by atoms with Crippen molar-refractivity contribution < 1.29 is 9.53 Å². The highest BCUT2D eigenvalue weighted by Crippen LogP contribution is 2.28. The molecule has 0 spiro atoms. The molecule has 2 rings (SSSR count). The second kappa shape index (κ2) is 5.96. The molecule has 20 heavy (non-hydrogen) atoms. The SMILES string of the molecule is CCOC(=O)c1cc(Sc2nnc(C)n2C)ccc1N. The van der Waals surface area contributed by atoms with Crippen LogP contribution in [-0.2, 0) is 11.8 Å². The summed E-state index contributed by atoms with van der Waals surface area (Å²) in [7, 11) is 1.89. The van der Waals surface area contributed by atoms with Crippen LogP contribution in [0.15, 0.2) is 28.3 Å². The summed E-state index contributed by atoms with van der Waals surface area (Å²) in [5, 5.41) is 8.82. The van der Waals surface area contributed by atoms with Gasteiger partial charge in [-0.25, -0.2) is 4.79 Å². The molecule has 0 fully saturated rings. The number of rotatable bonds is 4. The van der Waals surface area contributed by atoms with E-state index in [1.165, 1.54) is 11.8 Å². The van der Waals surface area contributed by atoms with Gasteiger partial charge in [0.1, 0.15) is 5.82 Å². The molecule has 106 valence electrons. The third-order valence-corrected chi connectivity index (χ3v) is 3.81. The minimum absolute atomic E-state index is 0.318. The standard InChI is InChI=1S/C13H16N4O2S/c1-4-19-12(18)10-7-9(5-6-11(10)14)20-13-16-15-8(2)17(13)3/h5-7H,4,14H2,1-3H3. The van der Waals surface area contributed by atoms with Gasteiger partial charge in [0.05, 0.1) is 12.2 Å². The molecule has 0 radical (unpaired) electrons. The fourth-order valence-corrected chi connectivity index (χ4v) is 2.44. The van der Waals surface area contributed by atoms with Crippen molar-refractivity contribution in [1.82, 2.24) is 14.8 Å². The zero-order chi connectivity index (χ0) is 14.7. The first-order valence-corrected chi connectivity index (χ1v) is 6.95. The van der Waals surface area contributed by atoms with E-state index in [0.717, 1.165) is 15.9 Å². The molecule has 0 aliphatic carbocycles. The summed E-state index contributed by atoms with van der Waals surface area (Å²) in [6.45, 7) is 3.96. The minimum Gasteiger partial charge on any atom is -0.462 e. The van der Waals surface area contributed by atoms with Gasteiger partial charge < -0.3 is 15.0 Å². The first kappa shape index (κ1) is 14.4. The number of benzene rings is 1. The number of ether oxygens (including phenoxy) is 1. The summed E-state index contributed by atoms with van der Waals surface area (Å²) in [5.41, 5.74) is 6.58. The van der Waals surface area contributed by atoms with Gasteiger partial charge in [0.15, 0.2) is 5.16 Å². The smallest absolute Gasteiger partial charge is 0.340 e. The van der Waals surface area contributed by atoms with Crippen molar-refractivity contribution >= 4 is 23.4 Å². The van der Waals surface area contributed by atoms with Crippen LogP contribution in [0.1, 0.15) is 23.1 Å². The molecule has 0 amide bonds. The number of aromatic nitrogens is 3. The molecule has 0 aliphatic heterocycles. The fraction of sp³-hybridized carbons (Fsp3) is 0.308. The lowest BCUT2D eigenvalue weighted by molar-refractivity contribution is 0.0527. The number of esters is 1. The Labute approximate surface area is 121 Å². The zero-order valence-corrected chi connectivity index (χ0v) is 12.4. The maximum atomic E-state index is 11.8. The van der Waals surface area contributed by atoms with Crippen LogP contribution in [0.5, 0.6) is 0 Å². The van der Waals surface area contributed by atoms with Crippen molar-refractivity contribution in [2.45, 2.75) is 23.9 Å². The average Bonchev–Trinajstić information content (AvgIpc) is 2.73. The first-order chi connectivity index (χ1) is 9.52. The molecule has 0 bridgehead atoms. The van der Waals surface area contributed by atoms with Gasteiger partial charge in [-0.2, -0.15) is 0 Å². The van der Waals surface area contributed by atoms with Gasteiger partial charge in [-0.05, 0) is 43.8 Å². The summed E-state index contributed by atoms with van der Waals surface area (Å²) in [6, 6.07) is 5.24. The maximum Gasteiger partial charge on any atom is 0.340 e. The van der Waals surface area contributed by atoms with Gasteiger partial charge in [-0.15, -0.1) is 10.2 Å². The average molecular weight is 292 g/mol. The first-order valence-electron chi connectivity index (χ1n) is 6.13. The highest BCUT2D eigenvalue weighted by atomic mass is 32.2. The lowest BCUT2D eigenvalue weighted by Gasteiger charge is -2.07. The van der Waals surface area contributed by atoms with Crippen LogP contribution in [-0.4, -0.2) is 27.3 Å². The Morgan fingerprint density at radius 2 is 2.20 bits per heavy atom. The third kappa shape index (κ3) is 2.93. The number of nitrogens with two attached hydrogens (primary N) is 1. The normalized spacial score (nSPS) is 10.6. The van der Waals surface area contributed by atoms with E-state index in [0.29, 0.717) is 17.9 Å². The second-order valence-corrected chi connectivity index (χ2v) is 5.20. The predicted octanol–water partition coefficient (Wildman–Crippen LogP) is 2.03. The van der Waals surface area contributed by atoms with Gasteiger partial charge in [0.25, 0.3) is 0 Å². The second-order valence-electron chi connectivity index (χ2n) is 4.16. The molecule has 1 heterocycles. The summed E-state index contributed by atoms with van der Waals surface area (Å²) >= 11 is 1.42. The summed E-state index contributed by atoms with van der Waals surface area (Å²) < 4.78 is 6.86. The van der Waals surface area contributed by atoms with Crippen LogP contribution in [0.2, 0.25) is 0 Å². The van der Waals surface area contributed by atoms with E-state index < -0.39 is 5.97 Å². The monoisotopic (exact) mass is 292 g/mol. The molecule has 6 nitrogen and oxygen atoms in total. The van der Waals surface area contributed by atoms with Gasteiger partial charge >= 0.3 is 5.97 Å². The van der Waals surface area contributed by atoms with E-state index in [4.69, 9.17) is 10.5 Å². The molecule has 2 N–H and O–H groups in total. The van der Waals surface area contributed by atoms with E-state index in [1.54, 1.807) is 19.1 Å². The molecule has 0 saturated carbocycles. The number of carbonyl (C=O) groups is 1. The quantitative estimate of drug-likeness (QED) is 0.686. The Kier molecular flexibility index (Phi) is 4.29. The number of carbonyl (C=O) groups excluding carboxylic acids is 1.